The van der Waals surface area contributed by atoms with Crippen LogP contribution in [0.2, 0.25) is 0 Å². The van der Waals surface area contributed by atoms with E-state index in [1.165, 1.54) is 11.2 Å². The molecule has 0 spiro atoms. The molecule has 208 valence electrons. The van der Waals surface area contributed by atoms with Gasteiger partial charge in [-0.05, 0) is 41.8 Å². The Kier molecular flexibility index (Phi) is 14.8. The van der Waals surface area contributed by atoms with Crippen LogP contribution in [0.4, 0.5) is 3.89 Å². The van der Waals surface area contributed by atoms with Crippen molar-refractivity contribution < 1.29 is 23.6 Å². The van der Waals surface area contributed by atoms with Gasteiger partial charge in [-0.2, -0.15) is 3.89 Å². The van der Waals surface area contributed by atoms with Crippen molar-refractivity contribution in [2.45, 2.75) is 52.2 Å². The van der Waals surface area contributed by atoms with Gasteiger partial charge in [0.2, 0.25) is 0 Å². The lowest BCUT2D eigenvalue weighted by Crippen LogP contribution is -2.37. The molecule has 0 saturated heterocycles. The largest absolute Gasteiger partial charge is 0.491 e. The number of alkyl halides is 1. The quantitative estimate of drug-likeness (QED) is 0.151. The Hall–Kier alpha value is -2.17. The third-order valence-corrected chi connectivity index (χ3v) is 6.30. The number of nitrogens with two attached hydrogens (primary N) is 2. The molecule has 37 heavy (non-hydrogen) atoms. The number of aryl methyl sites for hydroxylation is 1. The zero-order valence-corrected chi connectivity index (χ0v) is 23.9. The molecule has 2 unspecified atom stereocenters. The second-order valence-corrected chi connectivity index (χ2v) is 9.68. The van der Waals surface area contributed by atoms with Crippen LogP contribution in [0.1, 0.15) is 44.4 Å². The molecule has 0 heterocycles. The summed E-state index contributed by atoms with van der Waals surface area (Å²) in [6.07, 6.45) is -0.172. The highest BCUT2D eigenvalue weighted by Gasteiger charge is 2.24. The minimum Gasteiger partial charge on any atom is -0.491 e. The van der Waals surface area contributed by atoms with E-state index in [4.69, 9.17) is 32.7 Å². The number of aliphatic hydroxyl groups excluding tert-OH is 2. The second-order valence-electron chi connectivity index (χ2n) is 8.87. The van der Waals surface area contributed by atoms with Gasteiger partial charge in [-0.3, -0.25) is 0 Å². The fourth-order valence-electron chi connectivity index (χ4n) is 3.42. The summed E-state index contributed by atoms with van der Waals surface area (Å²) in [6, 6.07) is 13.7. The number of hydrogen-bond acceptors (Lipinski definition) is 8. The van der Waals surface area contributed by atoms with Gasteiger partial charge in [-0.25, -0.2) is 5.84 Å². The van der Waals surface area contributed by atoms with Crippen molar-refractivity contribution in [3.63, 3.8) is 0 Å². The summed E-state index contributed by atoms with van der Waals surface area (Å²) in [7, 11) is 0. The van der Waals surface area contributed by atoms with Crippen LogP contribution < -0.4 is 21.1 Å². The average molecular weight is 558 g/mol. The summed E-state index contributed by atoms with van der Waals surface area (Å²) in [4.78, 5) is 0. The van der Waals surface area contributed by atoms with Crippen LogP contribution in [0.15, 0.2) is 54.4 Å². The molecule has 2 aromatic carbocycles. The Bertz CT molecular complexity index is 963. The standard InChI is InChI=1S/C25H35ClFN3O4S.C2H6/c1-17-10-19(6-9-24(17)34-14-21(31)11-26)25(2,3)18-4-7-23(8-5-18)33-15-22(32)13-30(29)12-20(28)16-35-27;1-2/h4-10,12,21-22,31-32H,11,13-16,28-29H2,1-3H3;1-2H3/b20-12-;. The maximum atomic E-state index is 12.2. The number of hydrazine groups is 1. The molecular weight excluding hydrogens is 517 g/mol. The first-order chi connectivity index (χ1) is 17.6. The first-order valence-electron chi connectivity index (χ1n) is 12.2. The van der Waals surface area contributed by atoms with Gasteiger partial charge in [0.15, 0.2) is 0 Å². The van der Waals surface area contributed by atoms with E-state index in [9.17, 15) is 14.1 Å². The van der Waals surface area contributed by atoms with Crippen LogP contribution in [0.3, 0.4) is 0 Å². The number of aliphatic hydroxyl groups is 2. The first-order valence-corrected chi connectivity index (χ1v) is 13.6. The van der Waals surface area contributed by atoms with Crippen molar-refractivity contribution in [2.24, 2.45) is 11.6 Å². The van der Waals surface area contributed by atoms with Gasteiger partial charge in [0.1, 0.15) is 36.9 Å². The normalized spacial score (nSPS) is 13.3. The molecule has 0 saturated carbocycles. The fourth-order valence-corrected chi connectivity index (χ4v) is 3.71. The molecule has 2 atom stereocenters. The summed E-state index contributed by atoms with van der Waals surface area (Å²) in [5, 5.41) is 21.0. The number of ether oxygens (including phenoxy) is 2. The van der Waals surface area contributed by atoms with Crippen LogP contribution in [0, 0.1) is 6.92 Å². The molecule has 0 fully saturated rings. The molecule has 0 aliphatic carbocycles. The van der Waals surface area contributed by atoms with E-state index in [2.05, 4.69) is 19.9 Å². The Morgan fingerprint density at radius 3 is 2.24 bits per heavy atom. The van der Waals surface area contributed by atoms with Gasteiger partial charge in [-0.1, -0.05) is 52.0 Å². The Morgan fingerprint density at radius 1 is 1.08 bits per heavy atom. The van der Waals surface area contributed by atoms with Gasteiger partial charge >= 0.3 is 0 Å². The highest BCUT2D eigenvalue weighted by atomic mass is 35.5. The number of halogens is 2. The van der Waals surface area contributed by atoms with Crippen molar-refractivity contribution in [1.82, 2.24) is 5.01 Å². The van der Waals surface area contributed by atoms with Crippen LogP contribution in [0.5, 0.6) is 11.5 Å². The van der Waals surface area contributed by atoms with Crippen LogP contribution in [0.25, 0.3) is 0 Å². The van der Waals surface area contributed by atoms with Gasteiger partial charge in [0.25, 0.3) is 0 Å². The molecule has 10 heteroatoms. The van der Waals surface area contributed by atoms with E-state index in [1.807, 2.05) is 57.2 Å². The van der Waals surface area contributed by atoms with E-state index in [1.54, 1.807) is 0 Å². The van der Waals surface area contributed by atoms with Crippen LogP contribution in [-0.4, -0.2) is 58.8 Å². The summed E-state index contributed by atoms with van der Waals surface area (Å²) in [5.74, 6) is 7.23. The predicted octanol–water partition coefficient (Wildman–Crippen LogP) is 4.66. The van der Waals surface area contributed by atoms with E-state index < -0.39 is 12.2 Å². The molecule has 0 aliphatic rings. The Labute approximate surface area is 229 Å². The number of nitrogens with zero attached hydrogens (tertiary/aromatic N) is 1. The zero-order chi connectivity index (χ0) is 28.0. The van der Waals surface area contributed by atoms with Crippen LogP contribution in [-0.2, 0) is 5.41 Å². The summed E-state index contributed by atoms with van der Waals surface area (Å²) in [6.45, 7) is 10.5. The summed E-state index contributed by atoms with van der Waals surface area (Å²) in [5.41, 5.74) is 8.79. The van der Waals surface area contributed by atoms with E-state index in [0.717, 1.165) is 16.7 Å². The molecule has 0 amide bonds. The van der Waals surface area contributed by atoms with E-state index >= 15 is 0 Å². The minimum atomic E-state index is -0.854. The van der Waals surface area contributed by atoms with Gasteiger partial charge in [0.05, 0.1) is 30.3 Å². The van der Waals surface area contributed by atoms with Gasteiger partial charge < -0.3 is 30.4 Å². The van der Waals surface area contributed by atoms with Gasteiger partial charge in [0, 0.05) is 17.3 Å². The molecule has 0 aliphatic heterocycles. The number of rotatable bonds is 14. The topological polar surface area (TPSA) is 114 Å². The second kappa shape index (κ2) is 16.6. The van der Waals surface area contributed by atoms with Gasteiger partial charge in [-0.15, -0.1) is 11.6 Å². The highest BCUT2D eigenvalue weighted by molar-refractivity contribution is 7.94. The number of benzene rings is 2. The van der Waals surface area contributed by atoms with Crippen molar-refractivity contribution in [2.75, 3.05) is 31.4 Å². The molecule has 6 N–H and O–H groups in total. The lowest BCUT2D eigenvalue weighted by molar-refractivity contribution is 0.0817. The van der Waals surface area contributed by atoms with Crippen molar-refractivity contribution in [3.8, 4) is 11.5 Å². The lowest BCUT2D eigenvalue weighted by atomic mass is 9.77. The van der Waals surface area contributed by atoms with Crippen molar-refractivity contribution >= 4 is 23.7 Å². The molecule has 7 nitrogen and oxygen atoms in total. The summed E-state index contributed by atoms with van der Waals surface area (Å²) < 4.78 is 23.6. The average Bonchev–Trinajstić information content (AvgIpc) is 2.87. The van der Waals surface area contributed by atoms with E-state index in [-0.39, 0.29) is 54.7 Å². The molecule has 0 radical (unpaired) electrons. The van der Waals surface area contributed by atoms with E-state index in [0.29, 0.717) is 11.5 Å². The molecule has 0 bridgehead atoms. The molecule has 2 aromatic rings. The maximum Gasteiger partial charge on any atom is 0.122 e. The molecular formula is C27H41ClFN3O4S. The van der Waals surface area contributed by atoms with Crippen molar-refractivity contribution in [3.05, 3.63) is 71.1 Å². The summed E-state index contributed by atoms with van der Waals surface area (Å²) >= 11 is 5.73. The predicted molar refractivity (Wildman–Crippen MR) is 152 cm³/mol. The third-order valence-electron chi connectivity index (χ3n) is 5.50. The highest BCUT2D eigenvalue weighted by Crippen LogP contribution is 2.34. The first kappa shape index (κ1) is 32.9. The Balaban J connectivity index is 0.00000334. The smallest absolute Gasteiger partial charge is 0.122 e. The molecule has 2 rings (SSSR count). The fraction of sp³-hybridized carbons (Fsp3) is 0.481. The zero-order valence-electron chi connectivity index (χ0n) is 22.3. The SMILES string of the molecule is CC.Cc1cc(C(C)(C)c2ccc(OCC(O)CN(N)/C=C(\N)CSF)cc2)ccc1OCC(O)CCl. The lowest BCUT2D eigenvalue weighted by Gasteiger charge is -2.27. The van der Waals surface area contributed by atoms with Crippen LogP contribution >= 0.6 is 23.7 Å². The monoisotopic (exact) mass is 557 g/mol. The third kappa shape index (κ3) is 11.0. The van der Waals surface area contributed by atoms with Crippen molar-refractivity contribution in [1.29, 1.82) is 0 Å². The number of hydrogen-bond donors (Lipinski definition) is 4. The maximum absolute atomic E-state index is 12.2. The Morgan fingerprint density at radius 2 is 1.68 bits per heavy atom. The minimum absolute atomic E-state index is 0.0131. The molecule has 0 aromatic heterocycles.